The van der Waals surface area contributed by atoms with Crippen LogP contribution in [0.5, 0.6) is 0 Å². The average molecular weight is 2710 g/mol. The predicted molar refractivity (Wildman–Crippen MR) is 608 cm³/mol. The molecule has 0 fully saturated rings. The number of aromatic nitrogens is 8. The van der Waals surface area contributed by atoms with Crippen LogP contribution >= 0.6 is 0 Å². The molecule has 12 nitrogen and oxygen atoms in total. The monoisotopic (exact) mass is 2710 g/mol. The number of para-hydroxylation sites is 4. The minimum atomic E-state index is -2.09. The maximum Gasteiger partial charge on any atom is 0.151 e. The molecular formula is C128H112Ir4N8O4Si4-8. The molecule has 0 bridgehead atoms. The zero-order valence-electron chi connectivity index (χ0n) is 88.0. The van der Waals surface area contributed by atoms with Gasteiger partial charge in [-0.3, -0.25) is 0 Å². The molecule has 12 aromatic carbocycles. The zero-order valence-corrected chi connectivity index (χ0v) is 98.6. The molecule has 0 aliphatic carbocycles. The number of rotatable bonds is 12. The number of pyridine rings is 8. The minimum Gasteiger partial charge on any atom is -0.455 e. The van der Waals surface area contributed by atoms with Crippen molar-refractivity contribution in [2.75, 3.05) is 0 Å². The van der Waals surface area contributed by atoms with Crippen LogP contribution in [0.25, 0.3) is 178 Å². The van der Waals surface area contributed by atoms with Crippen LogP contribution in [0, 0.1) is 76.2 Å². The van der Waals surface area contributed by atoms with Gasteiger partial charge in [-0.1, -0.05) is 223 Å². The molecule has 0 saturated heterocycles. The summed E-state index contributed by atoms with van der Waals surface area (Å²) < 4.78 is 45.3. The van der Waals surface area contributed by atoms with Crippen LogP contribution in [0.15, 0.2) is 407 Å². The van der Waals surface area contributed by atoms with E-state index in [4.69, 9.17) is 26.8 Å². The molecule has 0 aliphatic heterocycles. The van der Waals surface area contributed by atoms with E-state index >= 15 is 0 Å². The van der Waals surface area contributed by atoms with Gasteiger partial charge in [0, 0.05) is 169 Å². The predicted octanol–water partition coefficient (Wildman–Crippen LogP) is 31.4. The van der Waals surface area contributed by atoms with E-state index in [1.807, 2.05) is 270 Å². The molecule has 24 aromatic rings. The molecule has 4 radical (unpaired) electrons. The van der Waals surface area contributed by atoms with Gasteiger partial charge in [0.25, 0.3) is 0 Å². The number of hydrogen-bond acceptors (Lipinski definition) is 12. The summed E-state index contributed by atoms with van der Waals surface area (Å²) in [6.45, 7) is 32.2. The third-order valence-corrected chi connectivity index (χ3v) is 32.3. The molecule has 24 rings (SSSR count). The summed E-state index contributed by atoms with van der Waals surface area (Å²) >= 11 is 0. The topological polar surface area (TPSA) is 156 Å². The molecular weight excluding hydrogens is 2590 g/mol. The second kappa shape index (κ2) is 50.9. The molecule has 0 spiro atoms. The van der Waals surface area contributed by atoms with Gasteiger partial charge in [-0.2, -0.15) is 0 Å². The Morgan fingerprint density at radius 1 is 0.230 bits per heavy atom. The molecule has 148 heavy (non-hydrogen) atoms. The molecule has 0 saturated carbocycles. The first-order valence-corrected chi connectivity index (χ1v) is 62.1. The van der Waals surface area contributed by atoms with Crippen LogP contribution in [0.3, 0.4) is 0 Å². The van der Waals surface area contributed by atoms with E-state index in [0.29, 0.717) is 0 Å². The fourth-order valence-corrected chi connectivity index (χ4v) is 22.3. The Morgan fingerprint density at radius 2 is 0.568 bits per heavy atom. The zero-order chi connectivity index (χ0) is 103. The normalized spacial score (nSPS) is 11.4. The van der Waals surface area contributed by atoms with Gasteiger partial charge < -0.3 is 57.5 Å². The van der Waals surface area contributed by atoms with Gasteiger partial charge in [0.05, 0.1) is 40.9 Å². The van der Waals surface area contributed by atoms with Crippen molar-refractivity contribution in [3.05, 3.63) is 460 Å². The van der Waals surface area contributed by atoms with Crippen molar-refractivity contribution in [2.24, 2.45) is 0 Å². The van der Waals surface area contributed by atoms with Crippen molar-refractivity contribution in [3.63, 3.8) is 0 Å². The molecule has 0 atom stereocenters. The van der Waals surface area contributed by atoms with Crippen molar-refractivity contribution < 1.29 is 102 Å². The van der Waals surface area contributed by atoms with Gasteiger partial charge in [0.15, 0.2) is 22.3 Å². The van der Waals surface area contributed by atoms with Gasteiger partial charge >= 0.3 is 0 Å². The summed E-state index contributed by atoms with van der Waals surface area (Å²) in [7, 11) is -5.75. The summed E-state index contributed by atoms with van der Waals surface area (Å²) in [5.74, 6) is 0. The van der Waals surface area contributed by atoms with Crippen molar-refractivity contribution in [1.82, 2.24) is 39.9 Å². The molecule has 0 unspecified atom stereocenters. The summed E-state index contributed by atoms with van der Waals surface area (Å²) in [5.41, 5.74) is 26.6. The number of aryl methyl sites for hydroxylation is 4. The first kappa shape index (κ1) is 107. The van der Waals surface area contributed by atoms with E-state index in [-0.39, 0.29) is 86.0 Å². The summed E-state index contributed by atoms with van der Waals surface area (Å²) in [5, 5.41) is 14.7. The first-order valence-electron chi connectivity index (χ1n) is 49.6. The molecule has 20 heteroatoms. The average Bonchev–Trinajstić information content (AvgIpc) is 1.58. The molecule has 748 valence electrons. The van der Waals surface area contributed by atoms with Gasteiger partial charge in [-0.05, 0) is 120 Å². The molecule has 12 heterocycles. The number of hydrogen-bond donors (Lipinski definition) is 0. The van der Waals surface area contributed by atoms with Crippen molar-refractivity contribution in [3.8, 4) is 90.1 Å². The van der Waals surface area contributed by atoms with Gasteiger partial charge in [-0.15, -0.1) is 285 Å². The quantitative estimate of drug-likeness (QED) is 0.0844. The van der Waals surface area contributed by atoms with Crippen LogP contribution in [-0.4, -0.2) is 72.2 Å². The maximum atomic E-state index is 7.23. The Hall–Kier alpha value is -13.5. The fraction of sp³-hybridized carbons (Fsp3) is 0.125. The van der Waals surface area contributed by atoms with Gasteiger partial charge in [0.2, 0.25) is 0 Å². The maximum absolute atomic E-state index is 7.23. The second-order valence-corrected chi connectivity index (χ2v) is 59.4. The van der Waals surface area contributed by atoms with E-state index < -0.39 is 39.1 Å². The number of benzene rings is 12. The fourth-order valence-electron chi connectivity index (χ4n) is 16.6. The molecule has 0 amide bonds. The third-order valence-electron chi connectivity index (χ3n) is 24.2. The standard InChI is InChI=1S/4C20H18NOSi.4C12H10N.4Ir/c1-23(2,3)20-11-7-5-9-15(20)17-12-16-14-8-4-6-10-18(14)22-19(16)13-21-17;1-23(2,3)15-8-6-7-14(11-15)18-12-17-16-9-4-5-10-19(16)22-20(17)13-21-18;1-23(2,3)20-18-15-11-7-8-12-16(15)22-17(18)13-21-19(20)14-9-5-4-6-10-14;1-23(2,3)15-10-8-14(9-11-15)18-12-17-16-6-4-5-7-19(16)22-20(17)13-21-18;4*1-10-7-8-12(13-9-10)11-5-3-2-4-6-11;;;;/h4-8,10-13H,1-3H3;4-6,8-13H,1-3H3;4-9,11-13H,1-3H3;4-8,10-13H,1-3H3;4*2-5,7-9H,1H3;;;;/q8*-1;;;;/i;;;;1D3;;;;;;;. The number of nitrogens with zero attached hydrogens (tertiary/aromatic N) is 8. The Labute approximate surface area is 930 Å². The Balaban J connectivity index is 0.000000145. The number of furan rings is 4. The molecule has 0 N–H and O–H groups in total. The number of fused-ring (bicyclic) bond motifs is 12. The van der Waals surface area contributed by atoms with Crippen LogP contribution in [0.2, 0.25) is 78.6 Å². The van der Waals surface area contributed by atoms with Crippen LogP contribution < -0.4 is 20.7 Å². The molecule has 0 aliphatic rings. The Kier molecular flexibility index (Phi) is 36.9. The smallest absolute Gasteiger partial charge is 0.151 e. The van der Waals surface area contributed by atoms with E-state index in [1.165, 1.54) is 54.4 Å². The third kappa shape index (κ3) is 28.1. The van der Waals surface area contributed by atoms with Gasteiger partial charge in [0.1, 0.15) is 22.3 Å². The Bertz CT molecular complexity index is 8380. The van der Waals surface area contributed by atoms with Gasteiger partial charge in [-0.25, -0.2) is 0 Å². The Morgan fingerprint density at radius 3 is 0.939 bits per heavy atom. The summed E-state index contributed by atoms with van der Waals surface area (Å²) in [6.07, 6.45) is 14.3. The second-order valence-electron chi connectivity index (χ2n) is 39.2. The van der Waals surface area contributed by atoms with Crippen LogP contribution in [-0.2, 0) is 80.4 Å². The summed E-state index contributed by atoms with van der Waals surface area (Å²) in [6, 6.07) is 139. The minimum absolute atomic E-state index is 0. The SMILES string of the molecule is C[Si](C)(C)c1c(-c2[c-]cccc2)ncc2oc3ccccc3c12.C[Si](C)(C)c1c[c-]c(-c2cc3c(cn2)oc2ccccc23)cc1.C[Si](C)(C)c1cc[c-]c(-c2cc3c(cn2)oc2ccccc23)c1.C[Si](C)(C)c1ccc[c-]c1-c1cc2c(cn1)oc1ccccc12.Cc1ccc(-c2[c-]cccc2)nc1.Cc1ccc(-c2[c-]cccc2)nc1.Cc1ccc(-c2[c-]cccc2)nc1.[2H]C([2H])([2H])c1ccc(-c2[c-]cccc2)nc1.[Ir].[Ir].[Ir].[Ir]. The summed E-state index contributed by atoms with van der Waals surface area (Å²) in [4.78, 5) is 35.6. The van der Waals surface area contributed by atoms with Crippen LogP contribution in [0.1, 0.15) is 26.4 Å². The van der Waals surface area contributed by atoms with E-state index in [2.05, 4.69) is 277 Å². The largest absolute Gasteiger partial charge is 0.455 e. The van der Waals surface area contributed by atoms with Crippen LogP contribution in [0.4, 0.5) is 0 Å². The molecule has 12 aromatic heterocycles. The van der Waals surface area contributed by atoms with E-state index in [0.717, 1.165) is 167 Å². The van der Waals surface area contributed by atoms with E-state index in [9.17, 15) is 0 Å². The van der Waals surface area contributed by atoms with E-state index in [1.54, 1.807) is 18.2 Å². The van der Waals surface area contributed by atoms with Crippen molar-refractivity contribution >= 4 is 141 Å². The first-order chi connectivity index (χ1) is 70.8. The van der Waals surface area contributed by atoms with Crippen molar-refractivity contribution in [2.45, 2.75) is 106 Å². The van der Waals surface area contributed by atoms with Crippen molar-refractivity contribution in [1.29, 1.82) is 0 Å².